The van der Waals surface area contributed by atoms with Gasteiger partial charge in [-0.15, -0.1) is 13.2 Å². The second-order valence-electron chi connectivity index (χ2n) is 17.9. The zero-order chi connectivity index (χ0) is 45.5. The van der Waals surface area contributed by atoms with Crippen LogP contribution in [-0.2, 0) is 14.3 Å². The number of aromatic nitrogens is 3. The Morgan fingerprint density at radius 1 is 0.937 bits per heavy atom. The van der Waals surface area contributed by atoms with E-state index in [2.05, 4.69) is 30.2 Å². The van der Waals surface area contributed by atoms with Gasteiger partial charge in [-0.2, -0.15) is 0 Å². The first-order valence-electron chi connectivity index (χ1n) is 21.0. The quantitative estimate of drug-likeness (QED) is 0.132. The number of halogens is 3. The van der Waals surface area contributed by atoms with Crippen molar-refractivity contribution in [3.05, 3.63) is 78.2 Å². The maximum Gasteiger partial charge on any atom is 0.573 e. The lowest BCUT2D eigenvalue weighted by Crippen LogP contribution is -2.56. The van der Waals surface area contributed by atoms with Crippen molar-refractivity contribution in [3.8, 4) is 16.9 Å². The Labute approximate surface area is 363 Å². The fourth-order valence-electron chi connectivity index (χ4n) is 8.47. The van der Waals surface area contributed by atoms with Gasteiger partial charge >= 0.3 is 12.5 Å². The van der Waals surface area contributed by atoms with Crippen LogP contribution >= 0.6 is 0 Å². The Hall–Kier alpha value is -6.39. The van der Waals surface area contributed by atoms with Crippen LogP contribution in [0.2, 0.25) is 0 Å². The third kappa shape index (κ3) is 9.66. The molecule has 4 heterocycles. The number of ether oxygens (including phenoxy) is 2. The fraction of sp³-hybridized carbons (Fsp3) is 0.435. The Morgan fingerprint density at radius 2 is 1.70 bits per heavy atom. The third-order valence-electron chi connectivity index (χ3n) is 11.6. The van der Waals surface area contributed by atoms with Gasteiger partial charge in [0.1, 0.15) is 23.4 Å². The molecular formula is C46H53F3N8O6. The van der Waals surface area contributed by atoms with E-state index in [1.807, 2.05) is 65.5 Å². The van der Waals surface area contributed by atoms with Gasteiger partial charge in [0.15, 0.2) is 0 Å². The molecule has 2 aliphatic heterocycles. The molecule has 0 unspecified atom stereocenters. The normalized spacial score (nSPS) is 18.8. The minimum absolute atomic E-state index is 0.00354. The van der Waals surface area contributed by atoms with E-state index in [0.29, 0.717) is 71.9 Å². The number of anilines is 2. The summed E-state index contributed by atoms with van der Waals surface area (Å²) in [6, 6.07) is 15.0. The van der Waals surface area contributed by atoms with Gasteiger partial charge in [-0.25, -0.2) is 14.8 Å². The molecule has 2 saturated heterocycles. The number of pyridine rings is 1. The first kappa shape index (κ1) is 44.7. The van der Waals surface area contributed by atoms with Crippen molar-refractivity contribution in [1.82, 2.24) is 30.1 Å². The summed E-state index contributed by atoms with van der Waals surface area (Å²) in [6.07, 6.45) is -3.60. The van der Waals surface area contributed by atoms with E-state index >= 15 is 0 Å². The summed E-state index contributed by atoms with van der Waals surface area (Å²) >= 11 is 0. The number of carbonyl (C=O) groups excluding carboxylic acids is 4. The number of amides is 4. The maximum atomic E-state index is 13.8. The molecule has 14 nitrogen and oxygen atoms in total. The molecule has 5 aromatic rings. The number of alkyl halides is 3. The number of nitrogens with one attached hydrogen (secondary N) is 3. The van der Waals surface area contributed by atoms with Crippen LogP contribution < -0.4 is 20.3 Å². The van der Waals surface area contributed by atoms with Gasteiger partial charge in [0.05, 0.1) is 36.1 Å². The highest BCUT2D eigenvalue weighted by Crippen LogP contribution is 2.40. The van der Waals surface area contributed by atoms with Crippen molar-refractivity contribution < 1.29 is 41.8 Å². The van der Waals surface area contributed by atoms with Gasteiger partial charge in [-0.05, 0) is 78.6 Å². The van der Waals surface area contributed by atoms with Crippen molar-refractivity contribution in [3.63, 3.8) is 0 Å². The van der Waals surface area contributed by atoms with Gasteiger partial charge in [0.2, 0.25) is 11.8 Å². The second kappa shape index (κ2) is 17.4. The van der Waals surface area contributed by atoms with E-state index in [4.69, 9.17) is 9.72 Å². The summed E-state index contributed by atoms with van der Waals surface area (Å²) in [5, 5.41) is 6.81. The number of hydrogen-bond donors (Lipinski definition) is 3. The van der Waals surface area contributed by atoms with Crippen LogP contribution in [0.4, 0.5) is 29.5 Å². The van der Waals surface area contributed by atoms with Crippen molar-refractivity contribution in [1.29, 1.82) is 0 Å². The summed E-state index contributed by atoms with van der Waals surface area (Å²) < 4.78 is 50.8. The van der Waals surface area contributed by atoms with Gasteiger partial charge in [0, 0.05) is 54.1 Å². The fourth-order valence-corrected chi connectivity index (χ4v) is 8.47. The van der Waals surface area contributed by atoms with E-state index in [9.17, 15) is 32.3 Å². The first-order valence-corrected chi connectivity index (χ1v) is 21.0. The highest BCUT2D eigenvalue weighted by Gasteiger charge is 2.40. The molecule has 0 saturated carbocycles. The molecule has 3 N–H and O–H groups in total. The summed E-state index contributed by atoms with van der Waals surface area (Å²) in [6.45, 7) is 15.6. The van der Waals surface area contributed by atoms with Crippen LogP contribution in [0.5, 0.6) is 5.75 Å². The number of aromatic amines is 1. The molecule has 4 amide bonds. The zero-order valence-electron chi connectivity index (χ0n) is 36.6. The number of rotatable bonds is 9. The smallest absolute Gasteiger partial charge is 0.453 e. The number of piperazine rings is 1. The molecule has 2 fully saturated rings. The van der Waals surface area contributed by atoms with Crippen molar-refractivity contribution in [2.24, 2.45) is 17.3 Å². The van der Waals surface area contributed by atoms with Crippen LogP contribution in [0.15, 0.2) is 66.9 Å². The van der Waals surface area contributed by atoms with E-state index in [1.165, 1.54) is 25.4 Å². The standard InChI is InChI=1S/C46H53F3N8O6/c1-25(2)38(54-44(61)62-8)42(59)57-23-26(3)19-35(57)40-52-34-15-11-29-20-28(9-14-33(29)39(34)53-40)32-13-10-30(21-36(32)63-46(47,48)49)41(58)51-31-12-16-37(50-22-31)56-18-17-55(24-27(56)4)43(60)45(5,6)7/h9-16,20-22,25-27,35,38H,17-19,23-24H2,1-8H3,(H,51,58)(H,52,53)(H,54,61)/t26-,27+,35-,38-/m0/s1. The lowest BCUT2D eigenvalue weighted by atomic mass is 9.94. The zero-order valence-corrected chi connectivity index (χ0v) is 36.6. The van der Waals surface area contributed by atoms with E-state index in [1.54, 1.807) is 35.2 Å². The first-order chi connectivity index (χ1) is 29.7. The number of likely N-dealkylation sites (tertiary alicyclic amines) is 1. The van der Waals surface area contributed by atoms with Crippen LogP contribution in [-0.4, -0.2) is 100 Å². The number of methoxy groups -OCH3 is 1. The minimum atomic E-state index is -5.04. The Morgan fingerprint density at radius 3 is 2.35 bits per heavy atom. The maximum absolute atomic E-state index is 13.8. The largest absolute Gasteiger partial charge is 0.573 e. The predicted octanol–water partition coefficient (Wildman–Crippen LogP) is 8.30. The number of fused-ring (bicyclic) bond motifs is 3. The summed E-state index contributed by atoms with van der Waals surface area (Å²) in [5.41, 5.74) is 1.69. The van der Waals surface area contributed by atoms with Crippen LogP contribution in [0.3, 0.4) is 0 Å². The molecule has 17 heteroatoms. The number of nitrogens with zero attached hydrogens (tertiary/aromatic N) is 5. The molecule has 0 aliphatic carbocycles. The summed E-state index contributed by atoms with van der Waals surface area (Å²) in [7, 11) is 1.25. The second-order valence-corrected chi connectivity index (χ2v) is 17.9. The van der Waals surface area contributed by atoms with Crippen molar-refractivity contribution >= 4 is 57.1 Å². The number of imidazole rings is 1. The number of H-pyrrole nitrogens is 1. The average Bonchev–Trinajstić information content (AvgIpc) is 3.85. The van der Waals surface area contributed by atoms with Crippen LogP contribution in [0, 0.1) is 17.3 Å². The Kier molecular flexibility index (Phi) is 12.3. The lowest BCUT2D eigenvalue weighted by molar-refractivity contribution is -0.274. The van der Waals surface area contributed by atoms with Gasteiger partial charge in [-0.3, -0.25) is 14.4 Å². The molecular weight excluding hydrogens is 818 g/mol. The lowest BCUT2D eigenvalue weighted by Gasteiger charge is -2.42. The average molecular weight is 871 g/mol. The predicted molar refractivity (Wildman–Crippen MR) is 233 cm³/mol. The molecule has 4 atom stereocenters. The van der Waals surface area contributed by atoms with Crippen LogP contribution in [0.1, 0.15) is 77.1 Å². The number of benzene rings is 3. The molecule has 3 aromatic carbocycles. The van der Waals surface area contributed by atoms with Gasteiger partial charge in [0.25, 0.3) is 5.91 Å². The summed E-state index contributed by atoms with van der Waals surface area (Å²) in [5.74, 6) is -0.129. The van der Waals surface area contributed by atoms with Gasteiger partial charge < -0.3 is 39.8 Å². The molecule has 63 heavy (non-hydrogen) atoms. The van der Waals surface area contributed by atoms with E-state index in [-0.39, 0.29) is 46.9 Å². The highest BCUT2D eigenvalue weighted by molar-refractivity contribution is 6.07. The monoisotopic (exact) mass is 870 g/mol. The minimum Gasteiger partial charge on any atom is -0.453 e. The molecule has 7 rings (SSSR count). The van der Waals surface area contributed by atoms with E-state index in [0.717, 1.165) is 11.5 Å². The third-order valence-corrected chi connectivity index (χ3v) is 11.6. The number of alkyl carbamates (subject to hydrolysis) is 1. The number of carbonyl (C=O) groups is 4. The number of hydrogen-bond acceptors (Lipinski definition) is 9. The summed E-state index contributed by atoms with van der Waals surface area (Å²) in [4.78, 5) is 70.7. The van der Waals surface area contributed by atoms with Gasteiger partial charge in [-0.1, -0.05) is 59.7 Å². The Balaban J connectivity index is 1.10. The molecule has 0 spiro atoms. The highest BCUT2D eigenvalue weighted by atomic mass is 19.4. The topological polar surface area (TPSA) is 162 Å². The van der Waals surface area contributed by atoms with Crippen molar-refractivity contribution in [2.75, 3.05) is 43.5 Å². The van der Waals surface area contributed by atoms with E-state index < -0.39 is 35.6 Å². The van der Waals surface area contributed by atoms with Crippen LogP contribution in [0.25, 0.3) is 32.9 Å². The molecule has 334 valence electrons. The molecule has 2 aliphatic rings. The molecule has 0 radical (unpaired) electrons. The SMILES string of the molecule is COC(=O)N[C@H](C(=O)N1C[C@@H](C)C[C@H]1c1nc2c(ccc3cc(-c4ccc(C(=O)Nc5ccc(N6CCN(C(=O)C(C)(C)C)C[C@H]6C)nc5)cc4OC(F)(F)F)ccc32)[nH]1)C(C)C. The Bertz CT molecular complexity index is 2540. The molecule has 2 aromatic heterocycles. The van der Waals surface area contributed by atoms with Crippen molar-refractivity contribution in [2.45, 2.75) is 79.4 Å². The molecule has 0 bridgehead atoms.